The van der Waals surface area contributed by atoms with E-state index in [-0.39, 0.29) is 18.4 Å². The number of carbonyl (C=O) groups excluding carboxylic acids is 2. The molecule has 160 valence electrons. The first-order valence-electron chi connectivity index (χ1n) is 10.2. The highest BCUT2D eigenvalue weighted by molar-refractivity contribution is 5.95. The second kappa shape index (κ2) is 10.9. The predicted molar refractivity (Wildman–Crippen MR) is 123 cm³/mol. The van der Waals surface area contributed by atoms with Crippen LogP contribution in [0.15, 0.2) is 72.3 Å². The number of rotatable bonds is 10. The van der Waals surface area contributed by atoms with Gasteiger partial charge in [0.1, 0.15) is 5.75 Å². The lowest BCUT2D eigenvalue weighted by atomic mass is 10.0. The Morgan fingerprint density at radius 1 is 1.16 bits per heavy atom. The molecule has 0 radical (unpaired) electrons. The van der Waals surface area contributed by atoms with Crippen LogP contribution in [0.1, 0.15) is 34.3 Å². The standard InChI is InChI=1S/C25H27N3O3/c1-3-19(13-14-26-2)20-7-9-21(10-8-20)25(30)27-16-18-5-4-6-23(15-18)31-17-24(29)28-22-11-12-22/h3-10,13-15,22H,1,11-12,16-17H2,2H3,(H,27,30)(H,28,29)/b19-13+,26-14?. The fourth-order valence-corrected chi connectivity index (χ4v) is 2.93. The summed E-state index contributed by atoms with van der Waals surface area (Å²) < 4.78 is 5.56. The van der Waals surface area contributed by atoms with Crippen LogP contribution in [-0.4, -0.2) is 37.7 Å². The van der Waals surface area contributed by atoms with E-state index in [2.05, 4.69) is 22.2 Å². The predicted octanol–water partition coefficient (Wildman–Crippen LogP) is 3.54. The minimum absolute atomic E-state index is 0.0100. The number of amides is 2. The quantitative estimate of drug-likeness (QED) is 0.458. The normalized spacial score (nSPS) is 13.6. The van der Waals surface area contributed by atoms with Crippen molar-refractivity contribution in [2.24, 2.45) is 4.99 Å². The van der Waals surface area contributed by atoms with Gasteiger partial charge in [-0.2, -0.15) is 0 Å². The smallest absolute Gasteiger partial charge is 0.258 e. The van der Waals surface area contributed by atoms with Gasteiger partial charge >= 0.3 is 0 Å². The maximum absolute atomic E-state index is 12.5. The Morgan fingerprint density at radius 3 is 2.58 bits per heavy atom. The van der Waals surface area contributed by atoms with Gasteiger partial charge in [0.25, 0.3) is 11.8 Å². The number of aliphatic imine (C=N–C) groups is 1. The Kier molecular flexibility index (Phi) is 7.76. The first kappa shape index (κ1) is 22.0. The van der Waals surface area contributed by atoms with Gasteiger partial charge in [0.15, 0.2) is 6.61 Å². The SMILES string of the molecule is C=C/C(=C\C=NC)c1ccc(C(=O)NCc2cccc(OCC(=O)NC3CC3)c2)cc1. The number of hydrogen-bond acceptors (Lipinski definition) is 4. The van der Waals surface area contributed by atoms with Gasteiger partial charge in [-0.1, -0.05) is 36.9 Å². The van der Waals surface area contributed by atoms with E-state index in [0.717, 1.165) is 29.5 Å². The second-order valence-corrected chi connectivity index (χ2v) is 7.27. The van der Waals surface area contributed by atoms with Gasteiger partial charge in [0.2, 0.25) is 0 Å². The van der Waals surface area contributed by atoms with Crippen molar-refractivity contribution in [3.63, 3.8) is 0 Å². The number of nitrogens with zero attached hydrogens (tertiary/aromatic N) is 1. The second-order valence-electron chi connectivity index (χ2n) is 7.27. The van der Waals surface area contributed by atoms with Crippen LogP contribution >= 0.6 is 0 Å². The third kappa shape index (κ3) is 6.96. The molecule has 0 aliphatic heterocycles. The van der Waals surface area contributed by atoms with Crippen LogP contribution in [0, 0.1) is 0 Å². The summed E-state index contributed by atoms with van der Waals surface area (Å²) in [7, 11) is 1.71. The van der Waals surface area contributed by atoms with Gasteiger partial charge in [-0.05, 0) is 59.9 Å². The molecule has 0 saturated heterocycles. The van der Waals surface area contributed by atoms with Crippen molar-refractivity contribution in [3.05, 3.63) is 84.0 Å². The molecule has 0 unspecified atom stereocenters. The van der Waals surface area contributed by atoms with E-state index < -0.39 is 0 Å². The Morgan fingerprint density at radius 2 is 1.90 bits per heavy atom. The fraction of sp³-hybridized carbons (Fsp3) is 0.240. The van der Waals surface area contributed by atoms with Crippen molar-refractivity contribution < 1.29 is 14.3 Å². The molecule has 0 atom stereocenters. The maximum Gasteiger partial charge on any atom is 0.258 e. The van der Waals surface area contributed by atoms with Crippen LogP contribution in [0.4, 0.5) is 0 Å². The van der Waals surface area contributed by atoms with Crippen LogP contribution in [-0.2, 0) is 11.3 Å². The zero-order valence-electron chi connectivity index (χ0n) is 17.6. The molecule has 2 amide bonds. The molecule has 2 aromatic rings. The summed E-state index contributed by atoms with van der Waals surface area (Å²) in [6.45, 7) is 4.16. The fourth-order valence-electron chi connectivity index (χ4n) is 2.93. The van der Waals surface area contributed by atoms with E-state index in [9.17, 15) is 9.59 Å². The molecule has 1 saturated carbocycles. The molecule has 1 aliphatic rings. The monoisotopic (exact) mass is 417 g/mol. The highest BCUT2D eigenvalue weighted by atomic mass is 16.5. The van der Waals surface area contributed by atoms with Gasteiger partial charge in [-0.3, -0.25) is 14.6 Å². The molecule has 6 heteroatoms. The van der Waals surface area contributed by atoms with E-state index in [0.29, 0.717) is 23.9 Å². The van der Waals surface area contributed by atoms with Crippen molar-refractivity contribution in [2.45, 2.75) is 25.4 Å². The topological polar surface area (TPSA) is 79.8 Å². The van der Waals surface area contributed by atoms with E-state index in [1.807, 2.05) is 36.4 Å². The molecule has 0 aromatic heterocycles. The molecular formula is C25H27N3O3. The number of benzene rings is 2. The lowest BCUT2D eigenvalue weighted by molar-refractivity contribution is -0.123. The summed E-state index contributed by atoms with van der Waals surface area (Å²) in [6.07, 6.45) is 7.41. The number of carbonyl (C=O) groups is 2. The van der Waals surface area contributed by atoms with Crippen molar-refractivity contribution in [2.75, 3.05) is 13.7 Å². The van der Waals surface area contributed by atoms with Crippen LogP contribution in [0.25, 0.3) is 5.57 Å². The third-order valence-corrected chi connectivity index (χ3v) is 4.77. The lowest BCUT2D eigenvalue weighted by Crippen LogP contribution is -2.30. The summed E-state index contributed by atoms with van der Waals surface area (Å²) in [4.78, 5) is 28.2. The summed E-state index contributed by atoms with van der Waals surface area (Å²) >= 11 is 0. The van der Waals surface area contributed by atoms with E-state index in [4.69, 9.17) is 4.74 Å². The molecule has 0 bridgehead atoms. The molecule has 1 fully saturated rings. The minimum Gasteiger partial charge on any atom is -0.484 e. The Balaban J connectivity index is 1.53. The van der Waals surface area contributed by atoms with Gasteiger partial charge in [-0.25, -0.2) is 0 Å². The largest absolute Gasteiger partial charge is 0.484 e. The highest BCUT2D eigenvalue weighted by Gasteiger charge is 2.23. The summed E-state index contributed by atoms with van der Waals surface area (Å²) in [5.41, 5.74) is 3.35. The third-order valence-electron chi connectivity index (χ3n) is 4.77. The first-order valence-corrected chi connectivity index (χ1v) is 10.2. The van der Waals surface area contributed by atoms with Crippen molar-refractivity contribution in [3.8, 4) is 5.75 Å². The summed E-state index contributed by atoms with van der Waals surface area (Å²) in [6, 6.07) is 15.0. The van der Waals surface area contributed by atoms with E-state index in [1.54, 1.807) is 37.5 Å². The summed E-state index contributed by atoms with van der Waals surface area (Å²) in [5.74, 6) is 0.323. The van der Waals surface area contributed by atoms with Crippen molar-refractivity contribution in [1.29, 1.82) is 0 Å². The molecule has 1 aliphatic carbocycles. The van der Waals surface area contributed by atoms with Crippen LogP contribution < -0.4 is 15.4 Å². The molecular weight excluding hydrogens is 390 g/mol. The maximum atomic E-state index is 12.5. The van der Waals surface area contributed by atoms with Crippen molar-refractivity contribution >= 4 is 23.6 Å². The summed E-state index contributed by atoms with van der Waals surface area (Å²) in [5, 5.41) is 5.79. The molecule has 0 heterocycles. The van der Waals surface area contributed by atoms with Crippen LogP contribution in [0.3, 0.4) is 0 Å². The number of nitrogens with one attached hydrogen (secondary N) is 2. The molecule has 2 aromatic carbocycles. The average Bonchev–Trinajstić information content (AvgIpc) is 3.61. The Bertz CT molecular complexity index is 989. The molecule has 31 heavy (non-hydrogen) atoms. The van der Waals surface area contributed by atoms with Crippen LogP contribution in [0.2, 0.25) is 0 Å². The number of hydrogen-bond donors (Lipinski definition) is 2. The van der Waals surface area contributed by atoms with Gasteiger partial charge in [0, 0.05) is 31.4 Å². The zero-order valence-corrected chi connectivity index (χ0v) is 17.6. The van der Waals surface area contributed by atoms with Gasteiger partial charge < -0.3 is 15.4 Å². The van der Waals surface area contributed by atoms with Gasteiger partial charge in [0.05, 0.1) is 0 Å². The number of ether oxygens (including phenoxy) is 1. The lowest BCUT2D eigenvalue weighted by Gasteiger charge is -2.10. The van der Waals surface area contributed by atoms with Gasteiger partial charge in [-0.15, -0.1) is 0 Å². The minimum atomic E-state index is -0.166. The Hall–Kier alpha value is -3.67. The van der Waals surface area contributed by atoms with E-state index in [1.165, 1.54) is 0 Å². The zero-order chi connectivity index (χ0) is 22.1. The molecule has 6 nitrogen and oxygen atoms in total. The van der Waals surface area contributed by atoms with Crippen molar-refractivity contribution in [1.82, 2.24) is 10.6 Å². The molecule has 0 spiro atoms. The molecule has 2 N–H and O–H groups in total. The first-order chi connectivity index (χ1) is 15.1. The molecule has 3 rings (SSSR count). The van der Waals surface area contributed by atoms with Crippen LogP contribution in [0.5, 0.6) is 5.75 Å². The Labute approximate surface area is 182 Å². The number of allylic oxidation sites excluding steroid dienone is 3. The average molecular weight is 418 g/mol. The highest BCUT2D eigenvalue weighted by Crippen LogP contribution is 2.19. The van der Waals surface area contributed by atoms with E-state index >= 15 is 0 Å².